The average molecular weight is 256 g/mol. The van der Waals surface area contributed by atoms with Crippen LogP contribution in [0.4, 0.5) is 0 Å². The van der Waals surface area contributed by atoms with E-state index in [0.29, 0.717) is 18.9 Å². The molecule has 18 heavy (non-hydrogen) atoms. The van der Waals surface area contributed by atoms with Gasteiger partial charge in [0.2, 0.25) is 0 Å². The lowest BCUT2D eigenvalue weighted by atomic mass is 10.1. The van der Waals surface area contributed by atoms with Crippen molar-refractivity contribution in [2.75, 3.05) is 27.3 Å². The predicted octanol–water partition coefficient (Wildman–Crippen LogP) is 1.09. The molecule has 0 bridgehead atoms. The molecule has 0 atom stereocenters. The molecule has 6 nitrogen and oxygen atoms in total. The van der Waals surface area contributed by atoms with Crippen molar-refractivity contribution in [1.29, 1.82) is 0 Å². The molecule has 0 aliphatic heterocycles. The molecule has 0 aliphatic carbocycles. The minimum Gasteiger partial charge on any atom is -0.475 e. The second kappa shape index (κ2) is 7.13. The molecule has 102 valence electrons. The molecule has 0 aliphatic rings. The van der Waals surface area contributed by atoms with Gasteiger partial charge in [0, 0.05) is 0 Å². The zero-order chi connectivity index (χ0) is 13.5. The lowest BCUT2D eigenvalue weighted by Gasteiger charge is -2.07. The third kappa shape index (κ3) is 3.82. The first-order valence-electron chi connectivity index (χ1n) is 6.00. The van der Waals surface area contributed by atoms with Gasteiger partial charge in [-0.2, -0.15) is 0 Å². The number of carbonyl (C=O) groups is 1. The smallest absolute Gasteiger partial charge is 0.265 e. The third-order valence-corrected chi connectivity index (χ3v) is 2.35. The molecule has 0 unspecified atom stereocenters. The van der Waals surface area contributed by atoms with Crippen LogP contribution in [0, 0.1) is 0 Å². The van der Waals surface area contributed by atoms with Crippen LogP contribution in [0.15, 0.2) is 4.52 Å². The molecule has 1 aromatic heterocycles. The number of ether oxygens (including phenoxy) is 1. The van der Waals surface area contributed by atoms with Gasteiger partial charge in [-0.1, -0.05) is 13.3 Å². The number of nitrogens with zero attached hydrogens (tertiary/aromatic N) is 2. The normalized spacial score (nSPS) is 10.9. The van der Waals surface area contributed by atoms with Crippen LogP contribution in [0.5, 0.6) is 5.88 Å². The van der Waals surface area contributed by atoms with Crippen LogP contribution in [-0.4, -0.2) is 48.3 Å². The fourth-order valence-electron chi connectivity index (χ4n) is 1.47. The van der Waals surface area contributed by atoms with Crippen LogP contribution in [0.3, 0.4) is 0 Å². The molecule has 0 saturated carbocycles. The van der Waals surface area contributed by atoms with Crippen LogP contribution < -0.4 is 4.74 Å². The molecule has 0 aromatic carbocycles. The molecule has 1 N–H and O–H groups in total. The number of aromatic nitrogens is 1. The van der Waals surface area contributed by atoms with Crippen molar-refractivity contribution in [3.8, 4) is 5.88 Å². The van der Waals surface area contributed by atoms with E-state index in [1.54, 1.807) is 0 Å². The molecule has 0 amide bonds. The Bertz CT molecular complexity index is 387. The first-order valence-corrected chi connectivity index (χ1v) is 6.00. The van der Waals surface area contributed by atoms with E-state index in [1.807, 2.05) is 25.9 Å². The molecule has 0 saturated heterocycles. The zero-order valence-corrected chi connectivity index (χ0v) is 11.1. The Labute approximate surface area is 107 Å². The van der Waals surface area contributed by atoms with E-state index in [9.17, 15) is 4.79 Å². The molecule has 0 fully saturated rings. The van der Waals surface area contributed by atoms with E-state index >= 15 is 0 Å². The van der Waals surface area contributed by atoms with Gasteiger partial charge in [0.25, 0.3) is 5.88 Å². The van der Waals surface area contributed by atoms with Crippen molar-refractivity contribution in [1.82, 2.24) is 10.1 Å². The fourth-order valence-corrected chi connectivity index (χ4v) is 1.47. The summed E-state index contributed by atoms with van der Waals surface area (Å²) >= 11 is 0. The average Bonchev–Trinajstić information content (AvgIpc) is 2.71. The van der Waals surface area contributed by atoms with E-state index in [2.05, 4.69) is 5.16 Å². The van der Waals surface area contributed by atoms with E-state index in [1.165, 1.54) is 0 Å². The zero-order valence-electron chi connectivity index (χ0n) is 11.1. The summed E-state index contributed by atoms with van der Waals surface area (Å²) in [6.07, 6.45) is 1.87. The molecule has 1 aromatic rings. The number of hydrogen-bond donors (Lipinski definition) is 1. The summed E-state index contributed by atoms with van der Waals surface area (Å²) in [4.78, 5) is 13.5. The summed E-state index contributed by atoms with van der Waals surface area (Å²) in [6, 6.07) is 0. The Morgan fingerprint density at radius 1 is 1.50 bits per heavy atom. The summed E-state index contributed by atoms with van der Waals surface area (Å²) in [5.41, 5.74) is 0.252. The third-order valence-electron chi connectivity index (χ3n) is 2.35. The molecular formula is C12H20N2O4. The van der Waals surface area contributed by atoms with Crippen molar-refractivity contribution in [3.05, 3.63) is 11.3 Å². The van der Waals surface area contributed by atoms with Gasteiger partial charge in [-0.25, -0.2) is 0 Å². The van der Waals surface area contributed by atoms with Gasteiger partial charge >= 0.3 is 0 Å². The highest BCUT2D eigenvalue weighted by molar-refractivity contribution is 5.99. The number of rotatable bonds is 8. The Morgan fingerprint density at radius 3 is 2.78 bits per heavy atom. The van der Waals surface area contributed by atoms with Gasteiger partial charge in [0.05, 0.1) is 13.2 Å². The minimum atomic E-state index is -0.578. The predicted molar refractivity (Wildman–Crippen MR) is 65.7 cm³/mol. The van der Waals surface area contributed by atoms with Crippen molar-refractivity contribution in [3.63, 3.8) is 0 Å². The van der Waals surface area contributed by atoms with E-state index in [-0.39, 0.29) is 11.4 Å². The number of ketones is 1. The maximum Gasteiger partial charge on any atom is 0.265 e. The lowest BCUT2D eigenvalue weighted by molar-refractivity contribution is 0.0897. The maximum atomic E-state index is 11.7. The summed E-state index contributed by atoms with van der Waals surface area (Å²) in [7, 11) is 3.71. The number of carbonyl (C=O) groups excluding carboxylic acids is 1. The summed E-state index contributed by atoms with van der Waals surface area (Å²) in [6.45, 7) is 2.39. The monoisotopic (exact) mass is 256 g/mol. The highest BCUT2D eigenvalue weighted by Crippen LogP contribution is 2.23. The Morgan fingerprint density at radius 2 is 2.22 bits per heavy atom. The number of aliphatic hydroxyl groups excluding tert-OH is 1. The standard InChI is InChI=1S/C12H20N2O4/c1-4-5-6-17-12-11(9(16)8-15)10(18-13-12)7-14(2)3/h15H,4-8H2,1-3H3. The first-order chi connectivity index (χ1) is 8.60. The largest absolute Gasteiger partial charge is 0.475 e. The highest BCUT2D eigenvalue weighted by Gasteiger charge is 2.23. The Balaban J connectivity index is 2.88. The Kier molecular flexibility index (Phi) is 5.80. The van der Waals surface area contributed by atoms with Crippen molar-refractivity contribution in [2.45, 2.75) is 26.3 Å². The molecule has 1 rings (SSSR count). The molecule has 0 radical (unpaired) electrons. The van der Waals surface area contributed by atoms with Crippen molar-refractivity contribution < 1.29 is 19.2 Å². The van der Waals surface area contributed by atoms with Gasteiger partial charge in [0.1, 0.15) is 12.2 Å². The van der Waals surface area contributed by atoms with Crippen molar-refractivity contribution in [2.24, 2.45) is 0 Å². The Hall–Kier alpha value is -1.40. The number of Topliss-reactive ketones (excluding diaryl/α,β-unsaturated/α-hetero) is 1. The van der Waals surface area contributed by atoms with Crippen molar-refractivity contribution >= 4 is 5.78 Å². The van der Waals surface area contributed by atoms with Gasteiger partial charge in [0.15, 0.2) is 11.5 Å². The molecular weight excluding hydrogens is 236 g/mol. The van der Waals surface area contributed by atoms with Gasteiger partial charge in [-0.15, -0.1) is 0 Å². The second-order valence-corrected chi connectivity index (χ2v) is 4.31. The number of unbranched alkanes of at least 4 members (excludes halogenated alkanes) is 1. The number of hydrogen-bond acceptors (Lipinski definition) is 6. The summed E-state index contributed by atoms with van der Waals surface area (Å²) in [5.74, 6) is 0.171. The molecule has 1 heterocycles. The van der Waals surface area contributed by atoms with Crippen LogP contribution >= 0.6 is 0 Å². The SMILES string of the molecule is CCCCOc1noc(CN(C)C)c1C(=O)CO. The topological polar surface area (TPSA) is 75.8 Å². The van der Waals surface area contributed by atoms with Crippen LogP contribution in [0.1, 0.15) is 35.9 Å². The van der Waals surface area contributed by atoms with E-state index in [4.69, 9.17) is 14.4 Å². The summed E-state index contributed by atoms with van der Waals surface area (Å²) < 4.78 is 10.5. The van der Waals surface area contributed by atoms with Crippen LogP contribution in [0.25, 0.3) is 0 Å². The summed E-state index contributed by atoms with van der Waals surface area (Å²) in [5, 5.41) is 12.7. The molecule has 6 heteroatoms. The highest BCUT2D eigenvalue weighted by atomic mass is 16.5. The second-order valence-electron chi connectivity index (χ2n) is 4.31. The van der Waals surface area contributed by atoms with Gasteiger partial charge in [-0.3, -0.25) is 4.79 Å². The van der Waals surface area contributed by atoms with Gasteiger partial charge in [-0.05, 0) is 25.7 Å². The van der Waals surface area contributed by atoms with E-state index < -0.39 is 12.4 Å². The lowest BCUT2D eigenvalue weighted by Crippen LogP contribution is -2.15. The van der Waals surface area contributed by atoms with Crippen LogP contribution in [0.2, 0.25) is 0 Å². The minimum absolute atomic E-state index is 0.180. The number of aliphatic hydroxyl groups is 1. The van der Waals surface area contributed by atoms with Crippen LogP contribution in [-0.2, 0) is 6.54 Å². The fraction of sp³-hybridized carbons (Fsp3) is 0.667. The maximum absolute atomic E-state index is 11.7. The molecule has 0 spiro atoms. The van der Waals surface area contributed by atoms with E-state index in [0.717, 1.165) is 12.8 Å². The quantitative estimate of drug-likeness (QED) is 0.554. The van der Waals surface area contributed by atoms with Gasteiger partial charge < -0.3 is 19.3 Å². The first kappa shape index (κ1) is 14.7.